The summed E-state index contributed by atoms with van der Waals surface area (Å²) < 4.78 is 10.9. The summed E-state index contributed by atoms with van der Waals surface area (Å²) >= 11 is 0. The van der Waals surface area contributed by atoms with Gasteiger partial charge < -0.3 is 24.4 Å². The normalized spacial score (nSPS) is 23.9. The number of piperidine rings is 1. The number of hydrogen-bond acceptors (Lipinski definition) is 4. The second-order valence-corrected chi connectivity index (χ2v) is 5.60. The van der Waals surface area contributed by atoms with Crippen molar-refractivity contribution in [1.29, 1.82) is 0 Å². The van der Waals surface area contributed by atoms with Crippen molar-refractivity contribution >= 4 is 12.2 Å². The first-order valence-electron chi connectivity index (χ1n) is 7.10. The van der Waals surface area contributed by atoms with E-state index in [1.807, 2.05) is 0 Å². The zero-order chi connectivity index (χ0) is 15.5. The predicted molar refractivity (Wildman–Crippen MR) is 75.2 cm³/mol. The van der Waals surface area contributed by atoms with Gasteiger partial charge in [-0.1, -0.05) is 12.7 Å². The maximum Gasteiger partial charge on any atom is 0.410 e. The highest BCUT2D eigenvalue weighted by Crippen LogP contribution is 2.37. The Labute approximate surface area is 124 Å². The molecule has 2 amide bonds. The van der Waals surface area contributed by atoms with Gasteiger partial charge in [-0.3, -0.25) is 0 Å². The number of likely N-dealkylation sites (tertiary alicyclic amines) is 1. The van der Waals surface area contributed by atoms with Crippen LogP contribution in [-0.2, 0) is 9.47 Å². The highest BCUT2D eigenvalue weighted by molar-refractivity contribution is 5.68. The fourth-order valence-corrected chi connectivity index (χ4v) is 2.90. The van der Waals surface area contributed by atoms with E-state index >= 15 is 0 Å². The third-order valence-electron chi connectivity index (χ3n) is 4.30. The van der Waals surface area contributed by atoms with Gasteiger partial charge in [0.1, 0.15) is 6.61 Å². The summed E-state index contributed by atoms with van der Waals surface area (Å²) in [7, 11) is 1.70. The van der Waals surface area contributed by atoms with Gasteiger partial charge in [0.25, 0.3) is 0 Å². The molecule has 2 aliphatic heterocycles. The molecule has 2 saturated heterocycles. The van der Waals surface area contributed by atoms with E-state index in [1.54, 1.807) is 11.9 Å². The number of likely N-dealkylation sites (N-methyl/N-ethyl adjacent to an activating group) is 1. The smallest absolute Gasteiger partial charge is 0.410 e. The molecular formula is C14H22N2O5. The predicted octanol–water partition coefficient (Wildman–Crippen LogP) is 1.54. The molecular weight excluding hydrogens is 276 g/mol. The Hall–Kier alpha value is -1.76. The van der Waals surface area contributed by atoms with Crippen LogP contribution in [0.25, 0.3) is 0 Å². The number of amides is 2. The van der Waals surface area contributed by atoms with Crippen LogP contribution in [-0.4, -0.2) is 72.1 Å². The zero-order valence-corrected chi connectivity index (χ0v) is 12.3. The largest absolute Gasteiger partial charge is 0.465 e. The first-order valence-corrected chi connectivity index (χ1v) is 7.10. The van der Waals surface area contributed by atoms with Crippen LogP contribution < -0.4 is 0 Å². The molecule has 0 aliphatic carbocycles. The minimum atomic E-state index is -0.885. The molecule has 7 heteroatoms. The Morgan fingerprint density at radius 2 is 2.19 bits per heavy atom. The van der Waals surface area contributed by atoms with Gasteiger partial charge in [0, 0.05) is 20.1 Å². The highest BCUT2D eigenvalue weighted by atomic mass is 16.6. The van der Waals surface area contributed by atoms with E-state index < -0.39 is 6.09 Å². The van der Waals surface area contributed by atoms with Crippen LogP contribution in [0.3, 0.4) is 0 Å². The van der Waals surface area contributed by atoms with Gasteiger partial charge in [0.15, 0.2) is 0 Å². The molecule has 118 valence electrons. The molecule has 2 fully saturated rings. The molecule has 1 atom stereocenters. The van der Waals surface area contributed by atoms with Crippen molar-refractivity contribution in [2.75, 3.05) is 33.4 Å². The molecule has 21 heavy (non-hydrogen) atoms. The Balaban J connectivity index is 1.87. The maximum absolute atomic E-state index is 11.8. The van der Waals surface area contributed by atoms with Crippen molar-refractivity contribution in [3.05, 3.63) is 12.7 Å². The molecule has 0 radical (unpaired) electrons. The summed E-state index contributed by atoms with van der Waals surface area (Å²) in [6.45, 7) is 5.12. The van der Waals surface area contributed by atoms with Gasteiger partial charge in [-0.25, -0.2) is 9.59 Å². The minimum Gasteiger partial charge on any atom is -0.465 e. The Morgan fingerprint density at radius 3 is 2.76 bits per heavy atom. The lowest BCUT2D eigenvalue weighted by atomic mass is 9.87. The molecule has 0 bridgehead atoms. The molecule has 0 aromatic heterocycles. The number of carboxylic acid groups (broad SMARTS) is 1. The molecule has 0 aromatic carbocycles. The van der Waals surface area contributed by atoms with E-state index in [4.69, 9.17) is 14.6 Å². The average Bonchev–Trinajstić information content (AvgIpc) is 2.88. The van der Waals surface area contributed by atoms with Crippen LogP contribution in [0.15, 0.2) is 12.7 Å². The van der Waals surface area contributed by atoms with Crippen molar-refractivity contribution in [2.45, 2.75) is 30.9 Å². The molecule has 2 rings (SSSR count). The van der Waals surface area contributed by atoms with E-state index in [-0.39, 0.29) is 24.3 Å². The SMILES string of the molecule is C=CCOC(=O)N(C)[C@H]1COC2(CCN(C(=O)O)CC2)C1. The third-order valence-corrected chi connectivity index (χ3v) is 4.30. The van der Waals surface area contributed by atoms with Gasteiger partial charge in [-0.2, -0.15) is 0 Å². The molecule has 2 aliphatic rings. The highest BCUT2D eigenvalue weighted by Gasteiger charge is 2.45. The number of ether oxygens (including phenoxy) is 2. The van der Waals surface area contributed by atoms with Crippen molar-refractivity contribution in [3.8, 4) is 0 Å². The van der Waals surface area contributed by atoms with Crippen LogP contribution in [0.1, 0.15) is 19.3 Å². The summed E-state index contributed by atoms with van der Waals surface area (Å²) in [4.78, 5) is 25.7. The number of hydrogen-bond donors (Lipinski definition) is 1. The average molecular weight is 298 g/mol. The first-order chi connectivity index (χ1) is 9.97. The Bertz CT molecular complexity index is 418. The van der Waals surface area contributed by atoms with Gasteiger partial charge >= 0.3 is 12.2 Å². The second kappa shape index (κ2) is 6.34. The van der Waals surface area contributed by atoms with Crippen LogP contribution in [0.5, 0.6) is 0 Å². The van der Waals surface area contributed by atoms with Gasteiger partial charge in [-0.15, -0.1) is 0 Å². The van der Waals surface area contributed by atoms with E-state index in [0.717, 1.165) is 6.42 Å². The summed E-state index contributed by atoms with van der Waals surface area (Å²) in [5.41, 5.74) is -0.302. The van der Waals surface area contributed by atoms with E-state index in [1.165, 1.54) is 11.0 Å². The standard InChI is InChI=1S/C14H22N2O5/c1-3-8-20-13(19)15(2)11-9-14(21-10-11)4-6-16(7-5-14)12(17)18/h3,11H,1,4-10H2,2H3,(H,17,18)/t11-/m1/s1. The van der Waals surface area contributed by atoms with E-state index in [2.05, 4.69) is 6.58 Å². The van der Waals surface area contributed by atoms with Crippen molar-refractivity contribution in [1.82, 2.24) is 9.80 Å². The summed E-state index contributed by atoms with van der Waals surface area (Å²) in [5, 5.41) is 8.97. The fourth-order valence-electron chi connectivity index (χ4n) is 2.90. The summed E-state index contributed by atoms with van der Waals surface area (Å²) in [6.07, 6.45) is 2.32. The van der Waals surface area contributed by atoms with Crippen molar-refractivity contribution in [2.24, 2.45) is 0 Å². The fraction of sp³-hybridized carbons (Fsp3) is 0.714. The van der Waals surface area contributed by atoms with E-state index in [0.29, 0.717) is 32.5 Å². The lowest BCUT2D eigenvalue weighted by Crippen LogP contribution is -2.46. The number of carbonyl (C=O) groups is 2. The van der Waals surface area contributed by atoms with Crippen LogP contribution >= 0.6 is 0 Å². The molecule has 0 unspecified atom stereocenters. The van der Waals surface area contributed by atoms with Crippen molar-refractivity contribution < 1.29 is 24.2 Å². The van der Waals surface area contributed by atoms with Gasteiger partial charge in [0.05, 0.1) is 18.2 Å². The van der Waals surface area contributed by atoms with Gasteiger partial charge in [-0.05, 0) is 19.3 Å². The number of carbonyl (C=O) groups excluding carboxylic acids is 1. The molecule has 1 spiro atoms. The molecule has 1 N–H and O–H groups in total. The van der Waals surface area contributed by atoms with Crippen molar-refractivity contribution in [3.63, 3.8) is 0 Å². The molecule has 2 heterocycles. The maximum atomic E-state index is 11.8. The summed E-state index contributed by atoms with van der Waals surface area (Å²) in [6, 6.07) is -0.0290. The van der Waals surface area contributed by atoms with Crippen LogP contribution in [0, 0.1) is 0 Å². The number of rotatable bonds is 3. The van der Waals surface area contributed by atoms with Gasteiger partial charge in [0.2, 0.25) is 0 Å². The Kier molecular flexibility index (Phi) is 4.72. The topological polar surface area (TPSA) is 79.3 Å². The lowest BCUT2D eigenvalue weighted by Gasteiger charge is -2.37. The van der Waals surface area contributed by atoms with E-state index in [9.17, 15) is 9.59 Å². The lowest BCUT2D eigenvalue weighted by molar-refractivity contribution is -0.0398. The molecule has 0 aromatic rings. The van der Waals surface area contributed by atoms with Crippen LogP contribution in [0.2, 0.25) is 0 Å². The monoisotopic (exact) mass is 298 g/mol. The van der Waals surface area contributed by atoms with Crippen LogP contribution in [0.4, 0.5) is 9.59 Å². The Morgan fingerprint density at radius 1 is 1.52 bits per heavy atom. The number of nitrogens with zero attached hydrogens (tertiary/aromatic N) is 2. The zero-order valence-electron chi connectivity index (χ0n) is 12.3. The minimum absolute atomic E-state index is 0.0290. The quantitative estimate of drug-likeness (QED) is 0.800. The molecule has 0 saturated carbocycles. The summed E-state index contributed by atoms with van der Waals surface area (Å²) in [5.74, 6) is 0. The first kappa shape index (κ1) is 15.6. The third kappa shape index (κ3) is 3.47. The second-order valence-electron chi connectivity index (χ2n) is 5.60. The molecule has 7 nitrogen and oxygen atoms in total.